The molecule has 1 saturated heterocycles. The molecule has 0 bridgehead atoms. The predicted molar refractivity (Wildman–Crippen MR) is 79.9 cm³/mol. The van der Waals surface area contributed by atoms with Crippen LogP contribution in [0, 0.1) is 12.8 Å². The largest absolute Gasteiger partial charge is 0.481 e. The number of aliphatic carboxylic acids is 1. The maximum absolute atomic E-state index is 12.2. The van der Waals surface area contributed by atoms with Crippen molar-refractivity contribution in [3.8, 4) is 0 Å². The van der Waals surface area contributed by atoms with Crippen molar-refractivity contribution in [2.24, 2.45) is 5.92 Å². The van der Waals surface area contributed by atoms with Crippen LogP contribution in [0.25, 0.3) is 0 Å². The lowest BCUT2D eigenvalue weighted by molar-refractivity contribution is -0.143. The standard InChI is InChI=1S/C16H22N2O3/c1-11-4-3-5-13(8-11)10-17-16(21)18-7-6-14(15(19)20)9-12(18)2/h3-5,8,12,14H,6-7,9-10H2,1-2H3,(H,17,21)(H,19,20). The van der Waals surface area contributed by atoms with Crippen molar-refractivity contribution in [1.29, 1.82) is 0 Å². The molecule has 5 heteroatoms. The van der Waals surface area contributed by atoms with Crippen LogP contribution >= 0.6 is 0 Å². The van der Waals surface area contributed by atoms with Crippen molar-refractivity contribution in [2.75, 3.05) is 6.54 Å². The molecule has 1 aliphatic heterocycles. The number of amides is 2. The number of benzene rings is 1. The number of hydrogen-bond donors (Lipinski definition) is 2. The summed E-state index contributed by atoms with van der Waals surface area (Å²) < 4.78 is 0. The molecular weight excluding hydrogens is 268 g/mol. The molecule has 0 aromatic heterocycles. The fourth-order valence-electron chi connectivity index (χ4n) is 2.80. The van der Waals surface area contributed by atoms with Gasteiger partial charge in [0.25, 0.3) is 0 Å². The zero-order chi connectivity index (χ0) is 15.4. The first-order chi connectivity index (χ1) is 9.97. The van der Waals surface area contributed by atoms with E-state index in [0.29, 0.717) is 25.9 Å². The van der Waals surface area contributed by atoms with Gasteiger partial charge in [-0.1, -0.05) is 29.8 Å². The number of rotatable bonds is 3. The van der Waals surface area contributed by atoms with E-state index in [4.69, 9.17) is 5.11 Å². The Labute approximate surface area is 125 Å². The first-order valence-electron chi connectivity index (χ1n) is 7.30. The quantitative estimate of drug-likeness (QED) is 0.898. The molecule has 1 heterocycles. The highest BCUT2D eigenvalue weighted by molar-refractivity contribution is 5.75. The molecule has 1 aromatic carbocycles. The second kappa shape index (κ2) is 6.61. The number of carboxylic acids is 1. The van der Waals surface area contributed by atoms with Crippen LogP contribution in [0.3, 0.4) is 0 Å². The van der Waals surface area contributed by atoms with Crippen molar-refractivity contribution in [2.45, 2.75) is 39.3 Å². The molecule has 0 spiro atoms. The van der Waals surface area contributed by atoms with E-state index in [9.17, 15) is 9.59 Å². The molecule has 1 aliphatic rings. The summed E-state index contributed by atoms with van der Waals surface area (Å²) in [5.41, 5.74) is 2.23. The van der Waals surface area contributed by atoms with E-state index in [1.807, 2.05) is 38.1 Å². The second-order valence-corrected chi connectivity index (χ2v) is 5.75. The number of urea groups is 1. The Kier molecular flexibility index (Phi) is 4.83. The highest BCUT2D eigenvalue weighted by atomic mass is 16.4. The Morgan fingerprint density at radius 2 is 2.19 bits per heavy atom. The van der Waals surface area contributed by atoms with Gasteiger partial charge < -0.3 is 15.3 Å². The molecule has 21 heavy (non-hydrogen) atoms. The summed E-state index contributed by atoms with van der Waals surface area (Å²) in [6.45, 7) is 4.91. The van der Waals surface area contributed by atoms with Crippen LogP contribution in [-0.2, 0) is 11.3 Å². The van der Waals surface area contributed by atoms with Crippen LogP contribution in [0.1, 0.15) is 30.9 Å². The first kappa shape index (κ1) is 15.4. The number of hydrogen-bond acceptors (Lipinski definition) is 2. The number of nitrogens with zero attached hydrogens (tertiary/aromatic N) is 1. The third-order valence-electron chi connectivity index (χ3n) is 4.01. The zero-order valence-electron chi connectivity index (χ0n) is 12.5. The summed E-state index contributed by atoms with van der Waals surface area (Å²) in [7, 11) is 0. The predicted octanol–water partition coefficient (Wildman–Crippen LogP) is 2.39. The molecular formula is C16H22N2O3. The minimum absolute atomic E-state index is 0.0441. The van der Waals surface area contributed by atoms with Gasteiger partial charge in [-0.05, 0) is 32.3 Å². The van der Waals surface area contributed by atoms with Crippen LogP contribution in [0.5, 0.6) is 0 Å². The van der Waals surface area contributed by atoms with E-state index in [1.165, 1.54) is 0 Å². The van der Waals surface area contributed by atoms with Gasteiger partial charge in [-0.2, -0.15) is 0 Å². The third-order valence-corrected chi connectivity index (χ3v) is 4.01. The number of carbonyl (C=O) groups excluding carboxylic acids is 1. The summed E-state index contributed by atoms with van der Waals surface area (Å²) in [5.74, 6) is -1.09. The molecule has 1 aromatic rings. The van der Waals surface area contributed by atoms with Crippen molar-refractivity contribution >= 4 is 12.0 Å². The van der Waals surface area contributed by atoms with Gasteiger partial charge in [-0.3, -0.25) is 4.79 Å². The number of carbonyl (C=O) groups is 2. The van der Waals surface area contributed by atoms with E-state index < -0.39 is 5.97 Å². The van der Waals surface area contributed by atoms with Gasteiger partial charge in [0.2, 0.25) is 0 Å². The summed E-state index contributed by atoms with van der Waals surface area (Å²) in [4.78, 5) is 24.9. The van der Waals surface area contributed by atoms with E-state index in [2.05, 4.69) is 5.32 Å². The van der Waals surface area contributed by atoms with Crippen LogP contribution in [0.4, 0.5) is 4.79 Å². The molecule has 0 saturated carbocycles. The summed E-state index contributed by atoms with van der Waals surface area (Å²) in [6.07, 6.45) is 1.05. The summed E-state index contributed by atoms with van der Waals surface area (Å²) >= 11 is 0. The lowest BCUT2D eigenvalue weighted by Crippen LogP contribution is -2.50. The zero-order valence-corrected chi connectivity index (χ0v) is 12.5. The highest BCUT2D eigenvalue weighted by Gasteiger charge is 2.31. The molecule has 5 nitrogen and oxygen atoms in total. The normalized spacial score (nSPS) is 21.9. The molecule has 0 radical (unpaired) electrons. The molecule has 2 amide bonds. The fraction of sp³-hybridized carbons (Fsp3) is 0.500. The van der Waals surface area contributed by atoms with Gasteiger partial charge >= 0.3 is 12.0 Å². The Bertz CT molecular complexity index is 530. The van der Waals surface area contributed by atoms with E-state index in [0.717, 1.165) is 11.1 Å². The lowest BCUT2D eigenvalue weighted by atomic mass is 9.92. The molecule has 2 rings (SSSR count). The maximum Gasteiger partial charge on any atom is 0.317 e. The molecule has 0 aliphatic carbocycles. The lowest BCUT2D eigenvalue weighted by Gasteiger charge is -2.36. The van der Waals surface area contributed by atoms with Crippen molar-refractivity contribution in [3.63, 3.8) is 0 Å². The second-order valence-electron chi connectivity index (χ2n) is 5.75. The fourth-order valence-corrected chi connectivity index (χ4v) is 2.80. The van der Waals surface area contributed by atoms with Crippen LogP contribution in [-0.4, -0.2) is 34.6 Å². The van der Waals surface area contributed by atoms with Gasteiger partial charge in [-0.25, -0.2) is 4.79 Å². The monoisotopic (exact) mass is 290 g/mol. The SMILES string of the molecule is Cc1cccc(CNC(=O)N2CCC(C(=O)O)CC2C)c1. The van der Waals surface area contributed by atoms with Crippen molar-refractivity contribution < 1.29 is 14.7 Å². The van der Waals surface area contributed by atoms with Gasteiger partial charge in [0.05, 0.1) is 5.92 Å². The van der Waals surface area contributed by atoms with E-state index in [1.54, 1.807) is 4.90 Å². The third kappa shape index (κ3) is 3.97. The molecule has 2 N–H and O–H groups in total. The maximum atomic E-state index is 12.2. The minimum Gasteiger partial charge on any atom is -0.481 e. The first-order valence-corrected chi connectivity index (χ1v) is 7.30. The van der Waals surface area contributed by atoms with Gasteiger partial charge in [0, 0.05) is 19.1 Å². The topological polar surface area (TPSA) is 69.6 Å². The highest BCUT2D eigenvalue weighted by Crippen LogP contribution is 2.23. The molecule has 1 fully saturated rings. The number of carboxylic acid groups (broad SMARTS) is 1. The van der Waals surface area contributed by atoms with E-state index in [-0.39, 0.29) is 18.0 Å². The van der Waals surface area contributed by atoms with Crippen molar-refractivity contribution in [1.82, 2.24) is 10.2 Å². The number of nitrogens with one attached hydrogen (secondary N) is 1. The molecule has 2 unspecified atom stereocenters. The van der Waals surface area contributed by atoms with Crippen LogP contribution < -0.4 is 5.32 Å². The smallest absolute Gasteiger partial charge is 0.317 e. The molecule has 114 valence electrons. The summed E-state index contributed by atoms with van der Waals surface area (Å²) in [6, 6.07) is 7.85. The number of likely N-dealkylation sites (tertiary alicyclic amines) is 1. The molecule has 2 atom stereocenters. The van der Waals surface area contributed by atoms with Gasteiger partial charge in [0.15, 0.2) is 0 Å². The van der Waals surface area contributed by atoms with Crippen molar-refractivity contribution in [3.05, 3.63) is 35.4 Å². The van der Waals surface area contributed by atoms with Crippen LogP contribution in [0.2, 0.25) is 0 Å². The summed E-state index contributed by atoms with van der Waals surface area (Å²) in [5, 5.41) is 11.9. The van der Waals surface area contributed by atoms with Crippen LogP contribution in [0.15, 0.2) is 24.3 Å². The minimum atomic E-state index is -0.762. The Morgan fingerprint density at radius 1 is 1.43 bits per heavy atom. The van der Waals surface area contributed by atoms with Gasteiger partial charge in [-0.15, -0.1) is 0 Å². The van der Waals surface area contributed by atoms with Gasteiger partial charge in [0.1, 0.15) is 0 Å². The average Bonchev–Trinajstić information content (AvgIpc) is 2.44. The average molecular weight is 290 g/mol. The Hall–Kier alpha value is -2.04. The Balaban J connectivity index is 1.88. The number of piperidine rings is 1. The Morgan fingerprint density at radius 3 is 2.81 bits per heavy atom. The number of aryl methyl sites for hydroxylation is 1. The van der Waals surface area contributed by atoms with E-state index >= 15 is 0 Å².